The van der Waals surface area contributed by atoms with Crippen LogP contribution in [0.4, 0.5) is 16.2 Å². The number of hydrogen-bond donors (Lipinski definition) is 3. The maximum Gasteiger partial charge on any atom is 0.323 e. The molecule has 1 aromatic carbocycles. The zero-order chi connectivity index (χ0) is 16.1. The normalized spacial score (nSPS) is 10.3. The summed E-state index contributed by atoms with van der Waals surface area (Å²) in [5.41, 5.74) is 2.58. The lowest BCUT2D eigenvalue weighted by Crippen LogP contribution is -2.20. The predicted octanol–water partition coefficient (Wildman–Crippen LogP) is 2.95. The van der Waals surface area contributed by atoms with Crippen LogP contribution in [0, 0.1) is 13.8 Å². The van der Waals surface area contributed by atoms with Crippen molar-refractivity contribution in [3.8, 4) is 0 Å². The van der Waals surface area contributed by atoms with Gasteiger partial charge in [0.2, 0.25) is 0 Å². The highest BCUT2D eigenvalue weighted by Gasteiger charge is 2.12. The van der Waals surface area contributed by atoms with Gasteiger partial charge in [-0.1, -0.05) is 17.3 Å². The SMILES string of the molecule is Cc1noc(C)c1NC(=O)Nc1cccc(CCC(=O)O)c1. The smallest absolute Gasteiger partial charge is 0.323 e. The lowest BCUT2D eigenvalue weighted by Gasteiger charge is -2.08. The molecule has 1 heterocycles. The number of carbonyl (C=O) groups excluding carboxylic acids is 1. The number of hydrogen-bond acceptors (Lipinski definition) is 4. The fourth-order valence-corrected chi connectivity index (χ4v) is 1.99. The van der Waals surface area contributed by atoms with E-state index >= 15 is 0 Å². The van der Waals surface area contributed by atoms with Gasteiger partial charge in [-0.3, -0.25) is 4.79 Å². The van der Waals surface area contributed by atoms with Crippen molar-refractivity contribution in [2.24, 2.45) is 0 Å². The molecule has 0 atom stereocenters. The number of aliphatic carboxylic acids is 1. The van der Waals surface area contributed by atoms with Crippen LogP contribution in [0.15, 0.2) is 28.8 Å². The van der Waals surface area contributed by atoms with Gasteiger partial charge >= 0.3 is 12.0 Å². The van der Waals surface area contributed by atoms with Crippen LogP contribution in [0.5, 0.6) is 0 Å². The molecular weight excluding hydrogens is 286 g/mol. The van der Waals surface area contributed by atoms with E-state index in [2.05, 4.69) is 15.8 Å². The molecule has 22 heavy (non-hydrogen) atoms. The number of nitrogens with zero attached hydrogens (tertiary/aromatic N) is 1. The van der Waals surface area contributed by atoms with Crippen LogP contribution in [-0.2, 0) is 11.2 Å². The molecule has 0 aliphatic carbocycles. The Morgan fingerprint density at radius 2 is 2.05 bits per heavy atom. The zero-order valence-corrected chi connectivity index (χ0v) is 12.3. The molecule has 0 aliphatic rings. The molecule has 0 radical (unpaired) electrons. The molecule has 0 aliphatic heterocycles. The van der Waals surface area contributed by atoms with Crippen LogP contribution < -0.4 is 10.6 Å². The Bertz CT molecular complexity index is 674. The lowest BCUT2D eigenvalue weighted by molar-refractivity contribution is -0.136. The second kappa shape index (κ2) is 6.75. The first-order valence-electron chi connectivity index (χ1n) is 6.77. The Balaban J connectivity index is 1.99. The molecule has 2 rings (SSSR count). The zero-order valence-electron chi connectivity index (χ0n) is 12.3. The summed E-state index contributed by atoms with van der Waals surface area (Å²) in [4.78, 5) is 22.6. The number of anilines is 2. The monoisotopic (exact) mass is 303 g/mol. The van der Waals surface area contributed by atoms with Crippen LogP contribution in [0.25, 0.3) is 0 Å². The van der Waals surface area contributed by atoms with Crippen molar-refractivity contribution in [2.75, 3.05) is 10.6 Å². The summed E-state index contributed by atoms with van der Waals surface area (Å²) >= 11 is 0. The van der Waals surface area contributed by atoms with Crippen LogP contribution >= 0.6 is 0 Å². The van der Waals surface area contributed by atoms with E-state index in [4.69, 9.17) is 9.63 Å². The van der Waals surface area contributed by atoms with Gasteiger partial charge in [0.1, 0.15) is 11.4 Å². The number of amides is 2. The first kappa shape index (κ1) is 15.6. The van der Waals surface area contributed by atoms with Gasteiger partial charge in [-0.05, 0) is 38.0 Å². The van der Waals surface area contributed by atoms with E-state index in [0.717, 1.165) is 5.56 Å². The summed E-state index contributed by atoms with van der Waals surface area (Å²) in [6.45, 7) is 3.45. The minimum atomic E-state index is -0.852. The molecule has 7 nitrogen and oxygen atoms in total. The third-order valence-corrected chi connectivity index (χ3v) is 3.08. The number of nitrogens with one attached hydrogen (secondary N) is 2. The van der Waals surface area contributed by atoms with Gasteiger partial charge in [0.15, 0.2) is 5.76 Å². The average Bonchev–Trinajstić information content (AvgIpc) is 2.77. The highest BCUT2D eigenvalue weighted by Crippen LogP contribution is 2.19. The van der Waals surface area contributed by atoms with Crippen molar-refractivity contribution in [3.63, 3.8) is 0 Å². The van der Waals surface area contributed by atoms with Crippen molar-refractivity contribution < 1.29 is 19.2 Å². The number of aryl methyl sites for hydroxylation is 3. The average molecular weight is 303 g/mol. The van der Waals surface area contributed by atoms with Gasteiger partial charge < -0.3 is 20.3 Å². The second-order valence-electron chi connectivity index (χ2n) is 4.87. The maximum absolute atomic E-state index is 12.0. The summed E-state index contributed by atoms with van der Waals surface area (Å²) in [5, 5.41) is 17.8. The summed E-state index contributed by atoms with van der Waals surface area (Å²) in [7, 11) is 0. The van der Waals surface area contributed by atoms with Crippen molar-refractivity contribution in [1.29, 1.82) is 0 Å². The topological polar surface area (TPSA) is 104 Å². The number of aromatic nitrogens is 1. The Hall–Kier alpha value is -2.83. The first-order valence-corrected chi connectivity index (χ1v) is 6.77. The van der Waals surface area contributed by atoms with Gasteiger partial charge in [0, 0.05) is 12.1 Å². The fourth-order valence-electron chi connectivity index (χ4n) is 1.99. The van der Waals surface area contributed by atoms with Crippen LogP contribution in [0.1, 0.15) is 23.4 Å². The number of benzene rings is 1. The van der Waals surface area contributed by atoms with E-state index in [-0.39, 0.29) is 6.42 Å². The number of carboxylic acids is 1. The maximum atomic E-state index is 12.0. The number of carboxylic acid groups (broad SMARTS) is 1. The Morgan fingerprint density at radius 3 is 2.68 bits per heavy atom. The molecule has 0 unspecified atom stereocenters. The summed E-state index contributed by atoms with van der Waals surface area (Å²) in [6.07, 6.45) is 0.463. The van der Waals surface area contributed by atoms with E-state index in [9.17, 15) is 9.59 Å². The lowest BCUT2D eigenvalue weighted by atomic mass is 10.1. The molecule has 0 fully saturated rings. The van der Waals surface area contributed by atoms with E-state index in [1.165, 1.54) is 0 Å². The molecule has 1 aromatic heterocycles. The third-order valence-electron chi connectivity index (χ3n) is 3.08. The van der Waals surface area contributed by atoms with Gasteiger partial charge in [-0.2, -0.15) is 0 Å². The van der Waals surface area contributed by atoms with Gasteiger partial charge in [0.05, 0.1) is 0 Å². The second-order valence-corrected chi connectivity index (χ2v) is 4.87. The minimum Gasteiger partial charge on any atom is -0.481 e. The Labute approximate surface area is 127 Å². The molecule has 0 saturated carbocycles. The molecule has 0 saturated heterocycles. The van der Waals surface area contributed by atoms with Gasteiger partial charge in [-0.15, -0.1) is 0 Å². The minimum absolute atomic E-state index is 0.0503. The van der Waals surface area contributed by atoms with E-state index < -0.39 is 12.0 Å². The summed E-state index contributed by atoms with van der Waals surface area (Å²) in [6, 6.07) is 6.65. The number of carbonyl (C=O) groups is 2. The third kappa shape index (κ3) is 4.08. The molecule has 3 N–H and O–H groups in total. The summed E-state index contributed by atoms with van der Waals surface area (Å²) < 4.78 is 4.97. The first-order chi connectivity index (χ1) is 10.5. The largest absolute Gasteiger partial charge is 0.481 e. The van der Waals surface area contributed by atoms with Gasteiger partial charge in [-0.25, -0.2) is 4.79 Å². The van der Waals surface area contributed by atoms with Crippen molar-refractivity contribution in [2.45, 2.75) is 26.7 Å². The van der Waals surface area contributed by atoms with Crippen LogP contribution in [0.3, 0.4) is 0 Å². The van der Waals surface area contributed by atoms with Gasteiger partial charge in [0.25, 0.3) is 0 Å². The number of urea groups is 1. The quantitative estimate of drug-likeness (QED) is 0.787. The van der Waals surface area contributed by atoms with Crippen LogP contribution in [-0.4, -0.2) is 22.3 Å². The van der Waals surface area contributed by atoms with E-state index in [1.807, 2.05) is 6.07 Å². The Kier molecular flexibility index (Phi) is 4.77. The van der Waals surface area contributed by atoms with Crippen LogP contribution in [0.2, 0.25) is 0 Å². The highest BCUT2D eigenvalue weighted by atomic mass is 16.5. The van der Waals surface area contributed by atoms with E-state index in [1.54, 1.807) is 32.0 Å². The fraction of sp³-hybridized carbons (Fsp3) is 0.267. The van der Waals surface area contributed by atoms with E-state index in [0.29, 0.717) is 29.2 Å². The van der Waals surface area contributed by atoms with Crippen molar-refractivity contribution >= 4 is 23.4 Å². The predicted molar refractivity (Wildman–Crippen MR) is 81.0 cm³/mol. The highest BCUT2D eigenvalue weighted by molar-refractivity contribution is 6.00. The van der Waals surface area contributed by atoms with Crippen molar-refractivity contribution in [1.82, 2.24) is 5.16 Å². The number of rotatable bonds is 5. The van der Waals surface area contributed by atoms with Crippen molar-refractivity contribution in [3.05, 3.63) is 41.3 Å². The molecule has 7 heteroatoms. The summed E-state index contributed by atoms with van der Waals surface area (Å²) in [5.74, 6) is -0.322. The molecular formula is C15H17N3O4. The molecule has 2 amide bonds. The molecule has 0 spiro atoms. The molecule has 2 aromatic rings. The standard InChI is InChI=1S/C15H17N3O4/c1-9-14(10(2)22-18-9)17-15(21)16-12-5-3-4-11(8-12)6-7-13(19)20/h3-5,8H,6-7H2,1-2H3,(H,19,20)(H2,16,17,21). The Morgan fingerprint density at radius 1 is 1.27 bits per heavy atom. The molecule has 0 bridgehead atoms. The molecule has 116 valence electrons.